The number of carbonyl (C=O) groups is 1. The summed E-state index contributed by atoms with van der Waals surface area (Å²) >= 11 is 0. The summed E-state index contributed by atoms with van der Waals surface area (Å²) in [5, 5.41) is 13.4. The van der Waals surface area contributed by atoms with Gasteiger partial charge in [0.05, 0.1) is 12.0 Å². The molecule has 1 amide bonds. The number of aromatic hydroxyl groups is 1. The van der Waals surface area contributed by atoms with Crippen LogP contribution < -0.4 is 5.32 Å². The predicted octanol–water partition coefficient (Wildman–Crippen LogP) is 3.23. The van der Waals surface area contributed by atoms with Crippen molar-refractivity contribution < 1.29 is 23.1 Å². The van der Waals surface area contributed by atoms with Crippen molar-refractivity contribution in [2.24, 2.45) is 0 Å². The summed E-state index contributed by atoms with van der Waals surface area (Å²) in [6.45, 7) is -0.519. The standard InChI is InChI=1S/C14H12F3NO2/c15-14(16,17)5-6-18-13(20)11-7-9-3-1-2-4-10(9)8-12(11)19/h1-4,7-8,19H,5-6H2,(H,18,20). The minimum absolute atomic E-state index is 0.0362. The highest BCUT2D eigenvalue weighted by Gasteiger charge is 2.26. The molecule has 106 valence electrons. The number of hydrogen-bond acceptors (Lipinski definition) is 2. The zero-order chi connectivity index (χ0) is 14.8. The Morgan fingerprint density at radius 2 is 1.75 bits per heavy atom. The van der Waals surface area contributed by atoms with Gasteiger partial charge in [-0.25, -0.2) is 0 Å². The number of phenols is 1. The maximum absolute atomic E-state index is 12.0. The predicted molar refractivity (Wildman–Crippen MR) is 68.6 cm³/mol. The highest BCUT2D eigenvalue weighted by Crippen LogP contribution is 2.25. The normalized spacial score (nSPS) is 11.6. The number of nitrogens with one attached hydrogen (secondary N) is 1. The molecule has 6 heteroatoms. The molecule has 0 bridgehead atoms. The summed E-state index contributed by atoms with van der Waals surface area (Å²) in [5.41, 5.74) is -0.0362. The smallest absolute Gasteiger partial charge is 0.390 e. The van der Waals surface area contributed by atoms with E-state index in [1.165, 1.54) is 12.1 Å². The molecule has 2 aromatic carbocycles. The summed E-state index contributed by atoms with van der Waals surface area (Å²) in [7, 11) is 0. The van der Waals surface area contributed by atoms with E-state index in [2.05, 4.69) is 5.32 Å². The minimum Gasteiger partial charge on any atom is -0.507 e. The van der Waals surface area contributed by atoms with Gasteiger partial charge in [-0.3, -0.25) is 4.79 Å². The van der Waals surface area contributed by atoms with Crippen molar-refractivity contribution in [1.82, 2.24) is 5.32 Å². The maximum atomic E-state index is 12.0. The van der Waals surface area contributed by atoms with E-state index in [0.717, 1.165) is 10.8 Å². The van der Waals surface area contributed by atoms with Gasteiger partial charge >= 0.3 is 6.18 Å². The Labute approximate surface area is 113 Å². The van der Waals surface area contributed by atoms with E-state index in [1.54, 1.807) is 24.3 Å². The SMILES string of the molecule is O=C(NCCC(F)(F)F)c1cc2ccccc2cc1O. The van der Waals surface area contributed by atoms with Crippen LogP contribution in [0.1, 0.15) is 16.8 Å². The van der Waals surface area contributed by atoms with Gasteiger partial charge in [0.15, 0.2) is 0 Å². The summed E-state index contributed by atoms with van der Waals surface area (Å²) in [6, 6.07) is 9.93. The molecule has 0 spiro atoms. The van der Waals surface area contributed by atoms with Gasteiger partial charge in [0, 0.05) is 6.54 Å². The van der Waals surface area contributed by atoms with Crippen LogP contribution in [0.5, 0.6) is 5.75 Å². The van der Waals surface area contributed by atoms with Gasteiger partial charge in [-0.05, 0) is 22.9 Å². The molecule has 0 heterocycles. The van der Waals surface area contributed by atoms with Gasteiger partial charge in [-0.15, -0.1) is 0 Å². The minimum atomic E-state index is -4.32. The van der Waals surface area contributed by atoms with Crippen LogP contribution in [0.2, 0.25) is 0 Å². The molecule has 0 atom stereocenters. The van der Waals surface area contributed by atoms with Crippen LogP contribution in [0.3, 0.4) is 0 Å². The first-order valence-corrected chi connectivity index (χ1v) is 5.93. The molecule has 0 saturated heterocycles. The fraction of sp³-hybridized carbons (Fsp3) is 0.214. The van der Waals surface area contributed by atoms with Crippen LogP contribution in [0.25, 0.3) is 10.8 Å². The molecule has 2 N–H and O–H groups in total. The number of hydrogen-bond donors (Lipinski definition) is 2. The Hall–Kier alpha value is -2.24. The lowest BCUT2D eigenvalue weighted by molar-refractivity contribution is -0.132. The third-order valence-electron chi connectivity index (χ3n) is 2.80. The molecule has 0 fully saturated rings. The van der Waals surface area contributed by atoms with Crippen molar-refractivity contribution in [2.75, 3.05) is 6.54 Å². The van der Waals surface area contributed by atoms with E-state index < -0.39 is 25.0 Å². The third-order valence-corrected chi connectivity index (χ3v) is 2.80. The third kappa shape index (κ3) is 3.40. The van der Waals surface area contributed by atoms with Crippen molar-refractivity contribution in [3.63, 3.8) is 0 Å². The van der Waals surface area contributed by atoms with Crippen LogP contribution in [0, 0.1) is 0 Å². The Bertz CT molecular complexity index is 638. The van der Waals surface area contributed by atoms with E-state index in [-0.39, 0.29) is 11.3 Å². The second-order valence-electron chi connectivity index (χ2n) is 4.34. The highest BCUT2D eigenvalue weighted by atomic mass is 19.4. The highest BCUT2D eigenvalue weighted by molar-refractivity contribution is 6.01. The van der Waals surface area contributed by atoms with Gasteiger partial charge in [0.2, 0.25) is 0 Å². The lowest BCUT2D eigenvalue weighted by Crippen LogP contribution is -2.27. The van der Waals surface area contributed by atoms with Crippen LogP contribution in [0.4, 0.5) is 13.2 Å². The summed E-state index contributed by atoms with van der Waals surface area (Å²) in [5.74, 6) is -0.981. The topological polar surface area (TPSA) is 49.3 Å². The number of phenolic OH excluding ortho intramolecular Hbond substituents is 1. The summed E-state index contributed by atoms with van der Waals surface area (Å²) in [4.78, 5) is 11.8. The molecule has 3 nitrogen and oxygen atoms in total. The zero-order valence-electron chi connectivity index (χ0n) is 10.4. The second kappa shape index (κ2) is 5.40. The lowest BCUT2D eigenvalue weighted by Gasteiger charge is -2.09. The Kier molecular flexibility index (Phi) is 3.83. The monoisotopic (exact) mass is 283 g/mol. The van der Waals surface area contributed by atoms with Crippen molar-refractivity contribution in [2.45, 2.75) is 12.6 Å². The van der Waals surface area contributed by atoms with E-state index >= 15 is 0 Å². The van der Waals surface area contributed by atoms with E-state index in [9.17, 15) is 23.1 Å². The Morgan fingerprint density at radius 1 is 1.15 bits per heavy atom. The molecule has 2 rings (SSSR count). The van der Waals surface area contributed by atoms with Crippen molar-refractivity contribution >= 4 is 16.7 Å². The van der Waals surface area contributed by atoms with E-state index in [4.69, 9.17) is 0 Å². The first-order valence-electron chi connectivity index (χ1n) is 5.93. The van der Waals surface area contributed by atoms with Gasteiger partial charge < -0.3 is 10.4 Å². The molecule has 0 saturated carbocycles. The molecule has 2 aromatic rings. The molecule has 20 heavy (non-hydrogen) atoms. The number of halogens is 3. The van der Waals surface area contributed by atoms with E-state index in [1.807, 2.05) is 0 Å². The Balaban J connectivity index is 2.15. The number of benzene rings is 2. The zero-order valence-corrected chi connectivity index (χ0v) is 10.4. The second-order valence-corrected chi connectivity index (χ2v) is 4.34. The van der Waals surface area contributed by atoms with Crippen LogP contribution >= 0.6 is 0 Å². The number of fused-ring (bicyclic) bond motifs is 1. The fourth-order valence-corrected chi connectivity index (χ4v) is 1.82. The van der Waals surface area contributed by atoms with Gasteiger partial charge in [-0.1, -0.05) is 24.3 Å². The van der Waals surface area contributed by atoms with Crippen LogP contribution in [0.15, 0.2) is 36.4 Å². The molecule has 0 unspecified atom stereocenters. The molecule has 0 aliphatic heterocycles. The lowest BCUT2D eigenvalue weighted by atomic mass is 10.1. The van der Waals surface area contributed by atoms with Gasteiger partial charge in [0.1, 0.15) is 5.75 Å². The van der Waals surface area contributed by atoms with E-state index in [0.29, 0.717) is 0 Å². The maximum Gasteiger partial charge on any atom is 0.390 e. The summed E-state index contributed by atoms with van der Waals surface area (Å²) < 4.78 is 36.0. The molecule has 0 aliphatic carbocycles. The molecular weight excluding hydrogens is 271 g/mol. The first-order chi connectivity index (χ1) is 9.37. The Morgan fingerprint density at radius 3 is 2.35 bits per heavy atom. The van der Waals surface area contributed by atoms with Gasteiger partial charge in [0.25, 0.3) is 5.91 Å². The molecule has 0 aromatic heterocycles. The molecular formula is C14H12F3NO2. The average Bonchev–Trinajstić information content (AvgIpc) is 2.36. The van der Waals surface area contributed by atoms with Crippen molar-refractivity contribution in [3.05, 3.63) is 42.0 Å². The quantitative estimate of drug-likeness (QED) is 0.908. The number of carbonyl (C=O) groups excluding carboxylic acids is 1. The van der Waals surface area contributed by atoms with Gasteiger partial charge in [-0.2, -0.15) is 13.2 Å². The van der Waals surface area contributed by atoms with Crippen molar-refractivity contribution in [1.29, 1.82) is 0 Å². The first kappa shape index (κ1) is 14.2. The van der Waals surface area contributed by atoms with Crippen molar-refractivity contribution in [3.8, 4) is 5.75 Å². The number of alkyl halides is 3. The van der Waals surface area contributed by atoms with Crippen LogP contribution in [-0.2, 0) is 0 Å². The average molecular weight is 283 g/mol. The number of amides is 1. The van der Waals surface area contributed by atoms with Crippen LogP contribution in [-0.4, -0.2) is 23.7 Å². The largest absolute Gasteiger partial charge is 0.507 e. The molecule has 0 radical (unpaired) electrons. The fourth-order valence-electron chi connectivity index (χ4n) is 1.82. The molecule has 0 aliphatic rings. The summed E-state index contributed by atoms with van der Waals surface area (Å²) in [6.07, 6.45) is -5.42. The number of rotatable bonds is 3.